The van der Waals surface area contributed by atoms with Crippen LogP contribution in [-0.4, -0.2) is 22.5 Å². The van der Waals surface area contributed by atoms with Gasteiger partial charge in [-0.2, -0.15) is 0 Å². The Hall–Kier alpha value is 0.359. The fraction of sp³-hybridized carbons (Fsp3) is 0.500. The fourth-order valence-electron chi connectivity index (χ4n) is 0.102. The second kappa shape index (κ2) is 4.36. The predicted molar refractivity (Wildman–Crippen MR) is 25.4 cm³/mol. The maximum atomic E-state index is 2.92. The summed E-state index contributed by atoms with van der Waals surface area (Å²) in [5.74, 6) is 5.72. The minimum absolute atomic E-state index is 1.11. The van der Waals surface area contributed by atoms with Crippen molar-refractivity contribution in [3.63, 3.8) is 0 Å². The van der Waals surface area contributed by atoms with Crippen LogP contribution in [0.2, 0.25) is 4.44 Å². The van der Waals surface area contributed by atoms with Crippen molar-refractivity contribution in [3.8, 4) is 11.8 Å². The van der Waals surface area contributed by atoms with Gasteiger partial charge in [0, 0.05) is 0 Å². The molecule has 0 spiro atoms. The molecule has 0 N–H and O–H groups in total. The summed E-state index contributed by atoms with van der Waals surface area (Å²) in [6, 6.07) is 0. The number of hydrogen-bond donors (Lipinski definition) is 0. The molecule has 0 aromatic heterocycles. The molecule has 0 fully saturated rings. The van der Waals surface area contributed by atoms with Gasteiger partial charge in [0.15, 0.2) is 0 Å². The minimum atomic E-state index is 1.11. The molecule has 1 heteroatoms. The van der Waals surface area contributed by atoms with Gasteiger partial charge in [-0.1, -0.05) is 0 Å². The third-order valence-corrected chi connectivity index (χ3v) is 0.861. The van der Waals surface area contributed by atoms with Crippen LogP contribution in [0.4, 0.5) is 0 Å². The summed E-state index contributed by atoms with van der Waals surface area (Å²) in [6.07, 6.45) is 0. The topological polar surface area (TPSA) is 0 Å². The first-order chi connectivity index (χ1) is 2.41. The Bertz CT molecular complexity index is 55.8. The molecule has 0 aliphatic carbocycles. The first-order valence-corrected chi connectivity index (χ1v) is 3.84. The molecular formula is C4H6Sn. The summed E-state index contributed by atoms with van der Waals surface area (Å²) in [5, 5.41) is 0. The molecule has 2 radical (unpaired) electrons. The molecule has 0 amide bonds. The van der Waals surface area contributed by atoms with E-state index < -0.39 is 0 Å². The first-order valence-electron chi connectivity index (χ1n) is 1.51. The Morgan fingerprint density at radius 2 is 2.40 bits per heavy atom. The van der Waals surface area contributed by atoms with Crippen molar-refractivity contribution in [3.05, 3.63) is 0 Å². The molecule has 26 valence electrons. The van der Waals surface area contributed by atoms with Gasteiger partial charge in [0.1, 0.15) is 0 Å². The summed E-state index contributed by atoms with van der Waals surface area (Å²) in [5.41, 5.74) is 0. The van der Waals surface area contributed by atoms with Crippen LogP contribution in [-0.2, 0) is 0 Å². The Kier molecular flexibility index (Phi) is 4.67. The van der Waals surface area contributed by atoms with Gasteiger partial charge < -0.3 is 0 Å². The molecule has 0 aliphatic rings. The molecule has 0 rings (SSSR count). The van der Waals surface area contributed by atoms with Gasteiger partial charge in [0.25, 0.3) is 0 Å². The number of hydrogen-bond acceptors (Lipinski definition) is 0. The van der Waals surface area contributed by atoms with Gasteiger partial charge in [-0.15, -0.1) is 0 Å². The van der Waals surface area contributed by atoms with Crippen molar-refractivity contribution in [2.75, 3.05) is 0 Å². The SMILES string of the molecule is CC#C[CH2][SnH]. The van der Waals surface area contributed by atoms with Crippen molar-refractivity contribution >= 4 is 22.5 Å². The van der Waals surface area contributed by atoms with Crippen molar-refractivity contribution in [1.82, 2.24) is 0 Å². The Morgan fingerprint density at radius 1 is 1.80 bits per heavy atom. The molecule has 0 saturated heterocycles. The van der Waals surface area contributed by atoms with E-state index in [0.717, 1.165) is 4.44 Å². The van der Waals surface area contributed by atoms with Crippen LogP contribution in [0.5, 0.6) is 0 Å². The van der Waals surface area contributed by atoms with E-state index in [1.54, 1.807) is 0 Å². The molecule has 0 aliphatic heterocycles. The van der Waals surface area contributed by atoms with Crippen LogP contribution in [0.1, 0.15) is 6.92 Å². The fourth-order valence-corrected chi connectivity index (χ4v) is 0.685. The van der Waals surface area contributed by atoms with Crippen molar-refractivity contribution < 1.29 is 0 Å². The summed E-state index contributed by atoms with van der Waals surface area (Å²) >= 11 is 1.28. The summed E-state index contributed by atoms with van der Waals surface area (Å²) in [7, 11) is 0. The van der Waals surface area contributed by atoms with Gasteiger partial charge in [-0.25, -0.2) is 0 Å². The molecule has 0 aromatic carbocycles. The second-order valence-corrected chi connectivity index (χ2v) is 1.80. The molecule has 0 aromatic rings. The van der Waals surface area contributed by atoms with Gasteiger partial charge in [0.2, 0.25) is 0 Å². The second-order valence-electron chi connectivity index (χ2n) is 0.631. The molecule has 0 unspecified atom stereocenters. The molecule has 0 nitrogen and oxygen atoms in total. The molecule has 5 heavy (non-hydrogen) atoms. The third-order valence-electron chi connectivity index (χ3n) is 0.279. The predicted octanol–water partition coefficient (Wildman–Crippen LogP) is 0.329. The normalized spacial score (nSPS) is 5.20. The molecular weight excluding hydrogens is 167 g/mol. The van der Waals surface area contributed by atoms with Gasteiger partial charge >= 0.3 is 45.7 Å². The zero-order chi connectivity index (χ0) is 4.12. The Balaban J connectivity index is 2.81. The third kappa shape index (κ3) is 4.36. The summed E-state index contributed by atoms with van der Waals surface area (Å²) in [4.78, 5) is 0. The standard InChI is InChI=1S/C4H5.Sn.H/c1-3-4-2;;/h1H2,2H3;;. The van der Waals surface area contributed by atoms with E-state index in [9.17, 15) is 0 Å². The number of rotatable bonds is 0. The van der Waals surface area contributed by atoms with E-state index in [-0.39, 0.29) is 0 Å². The monoisotopic (exact) mass is 174 g/mol. The van der Waals surface area contributed by atoms with Gasteiger partial charge in [-0.3, -0.25) is 0 Å². The van der Waals surface area contributed by atoms with Crippen molar-refractivity contribution in [2.45, 2.75) is 11.4 Å². The van der Waals surface area contributed by atoms with Crippen molar-refractivity contribution in [2.24, 2.45) is 0 Å². The van der Waals surface area contributed by atoms with Crippen LogP contribution in [0.3, 0.4) is 0 Å². The van der Waals surface area contributed by atoms with E-state index >= 15 is 0 Å². The van der Waals surface area contributed by atoms with Gasteiger partial charge in [-0.05, 0) is 0 Å². The van der Waals surface area contributed by atoms with E-state index in [2.05, 4.69) is 11.8 Å². The summed E-state index contributed by atoms with van der Waals surface area (Å²) in [6.45, 7) is 1.87. The van der Waals surface area contributed by atoms with Gasteiger partial charge in [0.05, 0.1) is 0 Å². The Labute approximate surface area is 46.0 Å². The van der Waals surface area contributed by atoms with E-state index in [4.69, 9.17) is 0 Å². The van der Waals surface area contributed by atoms with Crippen LogP contribution >= 0.6 is 0 Å². The molecule has 0 bridgehead atoms. The maximum absolute atomic E-state index is 2.92. The zero-order valence-electron chi connectivity index (χ0n) is 3.28. The average Bonchev–Trinajstić information content (AvgIpc) is 1.41. The van der Waals surface area contributed by atoms with Crippen LogP contribution < -0.4 is 0 Å². The average molecular weight is 173 g/mol. The summed E-state index contributed by atoms with van der Waals surface area (Å²) < 4.78 is 1.11. The van der Waals surface area contributed by atoms with Crippen LogP contribution in [0.25, 0.3) is 0 Å². The molecule has 0 saturated carbocycles. The van der Waals surface area contributed by atoms with E-state index in [1.807, 2.05) is 6.92 Å². The first kappa shape index (κ1) is 5.36. The zero-order valence-corrected chi connectivity index (χ0v) is 6.58. The molecule has 0 heterocycles. The quantitative estimate of drug-likeness (QED) is 0.365. The van der Waals surface area contributed by atoms with Crippen LogP contribution in [0.15, 0.2) is 0 Å². The van der Waals surface area contributed by atoms with E-state index in [0.29, 0.717) is 0 Å². The van der Waals surface area contributed by atoms with Crippen molar-refractivity contribution in [1.29, 1.82) is 0 Å². The van der Waals surface area contributed by atoms with Crippen LogP contribution in [0, 0.1) is 11.8 Å². The Morgan fingerprint density at radius 3 is 2.40 bits per heavy atom. The van der Waals surface area contributed by atoms with E-state index in [1.165, 1.54) is 22.5 Å². The molecule has 0 atom stereocenters.